The van der Waals surface area contributed by atoms with E-state index in [0.717, 1.165) is 6.07 Å². The number of rotatable bonds is 3. The third kappa shape index (κ3) is 2.75. The Balaban J connectivity index is 3.06. The molecule has 0 fully saturated rings. The number of pyridine rings is 1. The molecule has 0 saturated heterocycles. The van der Waals surface area contributed by atoms with Gasteiger partial charge in [-0.05, 0) is 22.0 Å². The molecular formula is C13H8BrFN2O6. The van der Waals surface area contributed by atoms with Gasteiger partial charge in [0.1, 0.15) is 28.5 Å². The number of aromatic hydroxyl groups is 1. The lowest BCUT2D eigenvalue weighted by Gasteiger charge is -2.13. The number of nitrogens with one attached hydrogen (secondary N) is 1. The third-order valence-corrected chi connectivity index (χ3v) is 3.61. The van der Waals surface area contributed by atoms with Gasteiger partial charge in [0.25, 0.3) is 5.56 Å². The van der Waals surface area contributed by atoms with Gasteiger partial charge in [0, 0.05) is 17.2 Å². The Kier molecular flexibility index (Phi) is 4.10. The Hall–Kier alpha value is -2.88. The summed E-state index contributed by atoms with van der Waals surface area (Å²) in [5.74, 6) is -5.64. The third-order valence-electron chi connectivity index (χ3n) is 2.98. The molecule has 6 N–H and O–H groups in total. The van der Waals surface area contributed by atoms with Gasteiger partial charge < -0.3 is 26.0 Å². The van der Waals surface area contributed by atoms with Crippen LogP contribution in [-0.2, 0) is 0 Å². The van der Waals surface area contributed by atoms with Crippen LogP contribution in [0.15, 0.2) is 21.4 Å². The van der Waals surface area contributed by atoms with Crippen LogP contribution in [0.5, 0.6) is 5.75 Å². The number of hydrogen-bond acceptors (Lipinski definition) is 5. The molecule has 0 atom stereocenters. The second kappa shape index (κ2) is 5.72. The summed E-state index contributed by atoms with van der Waals surface area (Å²) in [6, 6.07) is 1.60. The summed E-state index contributed by atoms with van der Waals surface area (Å²) >= 11 is 2.91. The normalized spacial score (nSPS) is 10.5. The van der Waals surface area contributed by atoms with E-state index in [2.05, 4.69) is 15.9 Å². The van der Waals surface area contributed by atoms with Gasteiger partial charge in [0.05, 0.1) is 4.47 Å². The molecule has 120 valence electrons. The molecule has 0 aliphatic rings. The first-order valence-electron chi connectivity index (χ1n) is 5.85. The highest BCUT2D eigenvalue weighted by Gasteiger charge is 2.28. The molecule has 0 unspecified atom stereocenters. The van der Waals surface area contributed by atoms with Crippen molar-refractivity contribution in [3.63, 3.8) is 0 Å². The maximum Gasteiger partial charge on any atom is 0.342 e. The standard InChI is InChI=1S/C13H8BrFN2O6/c14-4-1-3(5(15)2-6(4)18)7-8(12(20)21)10(16)17-11(19)9(7)13(22)23/h1-2,18H,(H,20,21)(H,22,23)(H3,16,17,19). The Bertz CT molecular complexity index is 908. The number of aromatic amines is 1. The van der Waals surface area contributed by atoms with E-state index in [1.54, 1.807) is 0 Å². The Morgan fingerprint density at radius 1 is 1.17 bits per heavy atom. The van der Waals surface area contributed by atoms with Gasteiger partial charge in [-0.25, -0.2) is 14.0 Å². The van der Waals surface area contributed by atoms with Crippen LogP contribution in [0.4, 0.5) is 10.2 Å². The number of nitrogens with two attached hydrogens (primary N) is 1. The first kappa shape index (κ1) is 16.5. The summed E-state index contributed by atoms with van der Waals surface area (Å²) in [5, 5.41) is 27.8. The van der Waals surface area contributed by atoms with Gasteiger partial charge >= 0.3 is 11.9 Å². The van der Waals surface area contributed by atoms with Crippen molar-refractivity contribution < 1.29 is 29.3 Å². The highest BCUT2D eigenvalue weighted by Crippen LogP contribution is 2.36. The zero-order chi connectivity index (χ0) is 17.5. The number of benzene rings is 1. The lowest BCUT2D eigenvalue weighted by molar-refractivity contribution is 0.0695. The molecule has 0 spiro atoms. The van der Waals surface area contributed by atoms with Gasteiger partial charge in [0.15, 0.2) is 0 Å². The predicted molar refractivity (Wildman–Crippen MR) is 80.2 cm³/mol. The molecule has 1 aromatic carbocycles. The minimum atomic E-state index is -1.76. The van der Waals surface area contributed by atoms with Gasteiger partial charge in [-0.3, -0.25) is 4.79 Å². The molecule has 2 aromatic rings. The zero-order valence-electron chi connectivity index (χ0n) is 11.1. The molecule has 1 aromatic heterocycles. The molecular weight excluding hydrogens is 379 g/mol. The number of carboxylic acids is 2. The number of H-pyrrole nitrogens is 1. The molecule has 1 heterocycles. The van der Waals surface area contributed by atoms with Crippen molar-refractivity contribution in [3.8, 4) is 16.9 Å². The average Bonchev–Trinajstić information content (AvgIpc) is 2.40. The Morgan fingerprint density at radius 2 is 1.74 bits per heavy atom. The van der Waals surface area contributed by atoms with Crippen LogP contribution in [0.3, 0.4) is 0 Å². The van der Waals surface area contributed by atoms with Crippen LogP contribution in [-0.4, -0.2) is 32.2 Å². The molecule has 8 nitrogen and oxygen atoms in total. The van der Waals surface area contributed by atoms with Crippen LogP contribution in [0.25, 0.3) is 11.1 Å². The Morgan fingerprint density at radius 3 is 2.26 bits per heavy atom. The molecule has 2 rings (SSSR count). The second-order valence-corrected chi connectivity index (χ2v) is 5.24. The van der Waals surface area contributed by atoms with E-state index in [4.69, 9.17) is 5.73 Å². The van der Waals surface area contributed by atoms with E-state index in [-0.39, 0.29) is 4.47 Å². The number of carbonyl (C=O) groups is 2. The molecule has 0 saturated carbocycles. The SMILES string of the molecule is Nc1[nH]c(=O)c(C(=O)O)c(-c2cc(Br)c(O)cc2F)c1C(=O)O. The topological polar surface area (TPSA) is 154 Å². The van der Waals surface area contributed by atoms with E-state index in [0.29, 0.717) is 6.07 Å². The minimum absolute atomic E-state index is 0.0274. The van der Waals surface area contributed by atoms with Crippen molar-refractivity contribution in [2.75, 3.05) is 5.73 Å². The molecule has 0 aliphatic carbocycles. The van der Waals surface area contributed by atoms with E-state index >= 15 is 0 Å². The van der Waals surface area contributed by atoms with Gasteiger partial charge in [0.2, 0.25) is 0 Å². The van der Waals surface area contributed by atoms with Crippen molar-refractivity contribution in [3.05, 3.63) is 43.9 Å². The smallest absolute Gasteiger partial charge is 0.342 e. The lowest BCUT2D eigenvalue weighted by atomic mass is 9.95. The molecule has 0 bridgehead atoms. The minimum Gasteiger partial charge on any atom is -0.507 e. The molecule has 0 aliphatic heterocycles. The number of aromatic nitrogens is 1. The first-order chi connectivity index (χ1) is 10.6. The summed E-state index contributed by atoms with van der Waals surface area (Å²) in [6.45, 7) is 0. The number of carboxylic acid groups (broad SMARTS) is 2. The summed E-state index contributed by atoms with van der Waals surface area (Å²) in [5.41, 5.74) is 1.31. The van der Waals surface area contributed by atoms with E-state index in [9.17, 15) is 34.1 Å². The summed E-state index contributed by atoms with van der Waals surface area (Å²) < 4.78 is 14.1. The average molecular weight is 387 g/mol. The summed E-state index contributed by atoms with van der Waals surface area (Å²) in [4.78, 5) is 36.4. The van der Waals surface area contributed by atoms with Crippen LogP contribution in [0.2, 0.25) is 0 Å². The molecule has 10 heteroatoms. The monoisotopic (exact) mass is 386 g/mol. The fourth-order valence-corrected chi connectivity index (χ4v) is 2.39. The number of halogens is 2. The van der Waals surface area contributed by atoms with Crippen LogP contribution >= 0.6 is 15.9 Å². The summed E-state index contributed by atoms with van der Waals surface area (Å²) in [7, 11) is 0. The van der Waals surface area contributed by atoms with Gasteiger partial charge in [-0.2, -0.15) is 0 Å². The number of phenolic OH excluding ortho intramolecular Hbond substituents is 1. The number of anilines is 1. The van der Waals surface area contributed by atoms with Gasteiger partial charge in [-0.15, -0.1) is 0 Å². The number of hydrogen-bond donors (Lipinski definition) is 5. The van der Waals surface area contributed by atoms with E-state index in [1.165, 1.54) is 0 Å². The van der Waals surface area contributed by atoms with Crippen LogP contribution in [0.1, 0.15) is 20.7 Å². The maximum atomic E-state index is 14.1. The van der Waals surface area contributed by atoms with Gasteiger partial charge in [-0.1, -0.05) is 0 Å². The first-order valence-corrected chi connectivity index (χ1v) is 6.65. The highest BCUT2D eigenvalue weighted by atomic mass is 79.9. The number of phenols is 1. The number of aromatic carboxylic acids is 2. The van der Waals surface area contributed by atoms with Crippen molar-refractivity contribution in [1.29, 1.82) is 0 Å². The van der Waals surface area contributed by atoms with Crippen LogP contribution in [0, 0.1) is 5.82 Å². The quantitative estimate of drug-likeness (QED) is 0.536. The maximum absolute atomic E-state index is 14.1. The van der Waals surface area contributed by atoms with E-state index in [1.807, 2.05) is 4.98 Å². The van der Waals surface area contributed by atoms with Crippen molar-refractivity contribution in [2.24, 2.45) is 0 Å². The summed E-state index contributed by atoms with van der Waals surface area (Å²) in [6.07, 6.45) is 0. The molecule has 23 heavy (non-hydrogen) atoms. The largest absolute Gasteiger partial charge is 0.507 e. The second-order valence-electron chi connectivity index (χ2n) is 4.39. The van der Waals surface area contributed by atoms with E-state index < -0.39 is 57.1 Å². The van der Waals surface area contributed by atoms with Crippen molar-refractivity contribution in [1.82, 2.24) is 4.98 Å². The molecule has 0 radical (unpaired) electrons. The predicted octanol–water partition coefficient (Wildman–Crippen LogP) is 1.63. The van der Waals surface area contributed by atoms with Crippen molar-refractivity contribution in [2.45, 2.75) is 0 Å². The van der Waals surface area contributed by atoms with Crippen molar-refractivity contribution >= 4 is 33.7 Å². The molecule has 0 amide bonds. The van der Waals surface area contributed by atoms with Crippen LogP contribution < -0.4 is 11.3 Å². The number of nitrogen functional groups attached to an aromatic ring is 1. The Labute approximate surface area is 135 Å². The fraction of sp³-hybridized carbons (Fsp3) is 0. The lowest BCUT2D eigenvalue weighted by Crippen LogP contribution is -2.24. The highest BCUT2D eigenvalue weighted by molar-refractivity contribution is 9.10. The fourth-order valence-electron chi connectivity index (χ4n) is 2.04. The zero-order valence-corrected chi connectivity index (χ0v) is 12.6.